The molecular weight excluding hydrogens is 423 g/mol. The summed E-state index contributed by atoms with van der Waals surface area (Å²) >= 11 is 0. The van der Waals surface area contributed by atoms with E-state index in [0.717, 1.165) is 0 Å². The van der Waals surface area contributed by atoms with Gasteiger partial charge in [-0.2, -0.15) is 0 Å². The molecule has 0 unspecified atom stereocenters. The summed E-state index contributed by atoms with van der Waals surface area (Å²) in [5.74, 6) is -7.99. The minimum atomic E-state index is -2.00. The van der Waals surface area contributed by atoms with Gasteiger partial charge < -0.3 is 39.6 Å². The molecule has 10 heteroatoms. The third kappa shape index (κ3) is 5.11. The Morgan fingerprint density at radius 2 is 0.700 bits per heavy atom. The second-order valence-electron chi connectivity index (χ2n) is 3.09. The molecule has 0 heterocycles. The van der Waals surface area contributed by atoms with Gasteiger partial charge in [-0.15, -0.1) is 0 Å². The van der Waals surface area contributed by atoms with Gasteiger partial charge in [-0.3, -0.25) is 0 Å². The van der Waals surface area contributed by atoms with E-state index in [1.54, 1.807) is 0 Å². The molecule has 0 aliphatic heterocycles. The Bertz CT molecular complexity index is 483. The van der Waals surface area contributed by atoms with Crippen molar-refractivity contribution in [1.29, 1.82) is 0 Å². The summed E-state index contributed by atoms with van der Waals surface area (Å²) in [4.78, 5) is 42.4. The van der Waals surface area contributed by atoms with E-state index < -0.39 is 46.1 Å². The van der Waals surface area contributed by atoms with Crippen molar-refractivity contribution in [3.05, 3.63) is 34.4 Å². The van der Waals surface area contributed by atoms with E-state index in [9.17, 15) is 39.6 Å². The number of aromatic carboxylic acids is 4. The maximum absolute atomic E-state index is 10.6. The van der Waals surface area contributed by atoms with Crippen LogP contribution in [0.4, 0.5) is 0 Å². The quantitative estimate of drug-likeness (QED) is 0.432. The van der Waals surface area contributed by atoms with Gasteiger partial charge in [-0.25, -0.2) is 0 Å². The molecule has 94 valence electrons. The second-order valence-corrected chi connectivity index (χ2v) is 3.09. The van der Waals surface area contributed by atoms with Gasteiger partial charge in [-0.05, 0) is 12.1 Å². The van der Waals surface area contributed by atoms with E-state index in [-0.39, 0.29) is 91.0 Å². The Morgan fingerprint density at radius 3 is 0.800 bits per heavy atom. The Balaban J connectivity index is 0. The van der Waals surface area contributed by atoms with Crippen LogP contribution >= 0.6 is 0 Å². The third-order valence-electron chi connectivity index (χ3n) is 2.04. The predicted octanol–water partition coefficient (Wildman–Crippen LogP) is -5.62. The third-order valence-corrected chi connectivity index (χ3v) is 2.04. The fourth-order valence-electron chi connectivity index (χ4n) is 1.28. The standard InChI is InChI=1S/C10H6O8.2Sr/c11-7(12)3-1-4(8(13)14)6(10(17)18)2-5(3)9(15)16;;/h1-2H,(H,11,12)(H,13,14)(H,15,16)(H,17,18);;/q;2*+2/p-4. The Hall–Kier alpha value is 0.0610. The molecule has 0 atom stereocenters. The molecule has 0 amide bonds. The Morgan fingerprint density at radius 1 is 0.550 bits per heavy atom. The number of benzene rings is 1. The fourth-order valence-corrected chi connectivity index (χ4v) is 1.28. The van der Waals surface area contributed by atoms with Crippen molar-refractivity contribution in [3.63, 3.8) is 0 Å². The van der Waals surface area contributed by atoms with Crippen molar-refractivity contribution in [2.24, 2.45) is 0 Å². The van der Waals surface area contributed by atoms with Crippen LogP contribution in [0.1, 0.15) is 41.4 Å². The van der Waals surface area contributed by atoms with Gasteiger partial charge in [-0.1, -0.05) is 0 Å². The number of carbonyl (C=O) groups is 4. The van der Waals surface area contributed by atoms with Crippen LogP contribution in [0, 0.1) is 0 Å². The van der Waals surface area contributed by atoms with Gasteiger partial charge in [0.2, 0.25) is 0 Å². The zero-order valence-corrected chi connectivity index (χ0v) is 16.8. The molecule has 1 aromatic carbocycles. The van der Waals surface area contributed by atoms with Crippen LogP contribution in [0.15, 0.2) is 12.1 Å². The average Bonchev–Trinajstić information content (AvgIpc) is 2.26. The minimum Gasteiger partial charge on any atom is -0.545 e. The number of carboxylic acid groups (broad SMARTS) is 4. The molecule has 20 heavy (non-hydrogen) atoms. The van der Waals surface area contributed by atoms with Crippen LogP contribution in [0.2, 0.25) is 0 Å². The molecule has 0 radical (unpaired) electrons. The zero-order valence-electron chi connectivity index (χ0n) is 9.83. The molecule has 0 aliphatic carbocycles. The van der Waals surface area contributed by atoms with E-state index in [1.165, 1.54) is 0 Å². The molecule has 1 aromatic rings. The molecule has 0 bridgehead atoms. The molecule has 0 fully saturated rings. The van der Waals surface area contributed by atoms with Crippen molar-refractivity contribution < 1.29 is 39.6 Å². The van der Waals surface area contributed by atoms with E-state index in [4.69, 9.17) is 0 Å². The summed E-state index contributed by atoms with van der Waals surface area (Å²) in [5.41, 5.74) is -4.11. The van der Waals surface area contributed by atoms with Crippen molar-refractivity contribution in [2.75, 3.05) is 0 Å². The Kier molecular flexibility index (Phi) is 10.2. The Labute approximate surface area is 185 Å². The molecule has 1 rings (SSSR count). The van der Waals surface area contributed by atoms with Gasteiger partial charge in [0.25, 0.3) is 0 Å². The maximum Gasteiger partial charge on any atom is 2.00 e. The number of hydrogen-bond donors (Lipinski definition) is 0. The van der Waals surface area contributed by atoms with Crippen LogP contribution in [-0.4, -0.2) is 115 Å². The first-order valence-electron chi connectivity index (χ1n) is 4.29. The molecule has 0 saturated heterocycles. The fraction of sp³-hybridized carbons (Fsp3) is 0. The van der Waals surface area contributed by atoms with Crippen molar-refractivity contribution in [1.82, 2.24) is 0 Å². The molecule has 0 N–H and O–H groups in total. The first-order chi connectivity index (χ1) is 8.25. The molecule has 0 saturated carbocycles. The summed E-state index contributed by atoms with van der Waals surface area (Å²) in [7, 11) is 0. The zero-order chi connectivity index (χ0) is 14.0. The van der Waals surface area contributed by atoms with Gasteiger partial charge in [0.05, 0.1) is 23.9 Å². The SMILES string of the molecule is O=C([O-])c1cc(C(=O)[O-])c(C(=O)[O-])cc1C(=O)[O-].[Sr+2].[Sr+2]. The first kappa shape index (κ1) is 22.3. The topological polar surface area (TPSA) is 161 Å². The second kappa shape index (κ2) is 9.15. The first-order valence-corrected chi connectivity index (χ1v) is 4.29. The molecule has 8 nitrogen and oxygen atoms in total. The van der Waals surface area contributed by atoms with Gasteiger partial charge in [0, 0.05) is 22.3 Å². The van der Waals surface area contributed by atoms with Gasteiger partial charge in [0.15, 0.2) is 0 Å². The van der Waals surface area contributed by atoms with E-state index in [2.05, 4.69) is 0 Å². The van der Waals surface area contributed by atoms with Crippen LogP contribution in [0.3, 0.4) is 0 Å². The van der Waals surface area contributed by atoms with E-state index in [0.29, 0.717) is 12.1 Å². The molecule has 0 spiro atoms. The monoisotopic (exact) mass is 426 g/mol. The summed E-state index contributed by atoms with van der Waals surface area (Å²) in [6.07, 6.45) is 0. The normalized spacial score (nSPS) is 8.80. The largest absolute Gasteiger partial charge is 2.00 e. The average molecular weight is 425 g/mol. The smallest absolute Gasteiger partial charge is 0.545 e. The van der Waals surface area contributed by atoms with Crippen LogP contribution in [0.5, 0.6) is 0 Å². The summed E-state index contributed by atoms with van der Waals surface area (Å²) in [6.45, 7) is 0. The summed E-state index contributed by atoms with van der Waals surface area (Å²) in [5, 5.41) is 42.4. The van der Waals surface area contributed by atoms with Crippen molar-refractivity contribution >= 4 is 115 Å². The summed E-state index contributed by atoms with van der Waals surface area (Å²) < 4.78 is 0. The minimum absolute atomic E-state index is 0. The van der Waals surface area contributed by atoms with E-state index >= 15 is 0 Å². The predicted molar refractivity (Wildman–Crippen MR) is 55.3 cm³/mol. The van der Waals surface area contributed by atoms with Crippen LogP contribution < -0.4 is 20.4 Å². The van der Waals surface area contributed by atoms with Crippen LogP contribution in [-0.2, 0) is 0 Å². The molecule has 0 aromatic heterocycles. The van der Waals surface area contributed by atoms with Crippen LogP contribution in [0.25, 0.3) is 0 Å². The van der Waals surface area contributed by atoms with E-state index in [1.807, 2.05) is 0 Å². The maximum atomic E-state index is 10.6. The number of carbonyl (C=O) groups excluding carboxylic acids is 4. The summed E-state index contributed by atoms with van der Waals surface area (Å²) in [6, 6.07) is 0.613. The molecule has 0 aliphatic rings. The number of rotatable bonds is 4. The van der Waals surface area contributed by atoms with Crippen molar-refractivity contribution in [2.45, 2.75) is 0 Å². The number of carboxylic acids is 4. The number of hydrogen-bond acceptors (Lipinski definition) is 8. The van der Waals surface area contributed by atoms with Crippen molar-refractivity contribution in [3.8, 4) is 0 Å². The van der Waals surface area contributed by atoms with Gasteiger partial charge >= 0.3 is 91.0 Å². The van der Waals surface area contributed by atoms with Gasteiger partial charge in [0.1, 0.15) is 0 Å². The molecular formula is C10H2O8Sr2.